The quantitative estimate of drug-likeness (QED) is 0.700. The Balaban J connectivity index is 2.03. The average Bonchev–Trinajstić information content (AvgIpc) is 2.68. The van der Waals surface area contributed by atoms with Crippen LogP contribution in [0.2, 0.25) is 0 Å². The summed E-state index contributed by atoms with van der Waals surface area (Å²) >= 11 is 0. The third-order valence-electron chi connectivity index (χ3n) is 4.21. The minimum atomic E-state index is -0.948. The van der Waals surface area contributed by atoms with E-state index in [0.29, 0.717) is 17.0 Å². The second-order valence-corrected chi connectivity index (χ2v) is 6.12. The lowest BCUT2D eigenvalue weighted by atomic mass is 10.2. The van der Waals surface area contributed by atoms with E-state index in [2.05, 4.69) is 10.3 Å². The first-order valence-electron chi connectivity index (χ1n) is 8.42. The number of benzene rings is 2. The molecule has 0 aliphatic rings. The van der Waals surface area contributed by atoms with Crippen LogP contribution in [0.15, 0.2) is 47.4 Å². The third-order valence-corrected chi connectivity index (χ3v) is 4.21. The Hall–Kier alpha value is -3.42. The minimum Gasteiger partial charge on any atom is -0.497 e. The summed E-state index contributed by atoms with van der Waals surface area (Å²) in [6.45, 7) is 2.04. The topological polar surface area (TPSA) is 65.4 Å². The minimum absolute atomic E-state index is 0.0375. The van der Waals surface area contributed by atoms with E-state index >= 15 is 0 Å². The molecule has 0 amide bonds. The number of nitrogens with one attached hydrogen (secondary N) is 1. The largest absolute Gasteiger partial charge is 0.497 e. The van der Waals surface area contributed by atoms with E-state index in [9.17, 15) is 13.6 Å². The molecule has 0 fully saturated rings. The Kier molecular flexibility index (Phi) is 5.58. The van der Waals surface area contributed by atoms with E-state index in [1.165, 1.54) is 19.4 Å². The Morgan fingerprint density at radius 1 is 1.07 bits per heavy atom. The molecule has 6 nitrogen and oxygen atoms in total. The van der Waals surface area contributed by atoms with Gasteiger partial charge in [-0.2, -0.15) is 4.98 Å². The van der Waals surface area contributed by atoms with Crippen molar-refractivity contribution in [1.29, 1.82) is 0 Å². The van der Waals surface area contributed by atoms with Gasteiger partial charge in [0.05, 0.1) is 27.0 Å². The summed E-state index contributed by atoms with van der Waals surface area (Å²) in [4.78, 5) is 16.2. The molecule has 0 aliphatic carbocycles. The maximum atomic E-state index is 13.6. The van der Waals surface area contributed by atoms with Crippen molar-refractivity contribution in [3.63, 3.8) is 0 Å². The first-order valence-corrected chi connectivity index (χ1v) is 8.42. The number of nitrogens with zero attached hydrogens (tertiary/aromatic N) is 2. The molecule has 0 spiro atoms. The molecular weight excluding hydrogens is 368 g/mol. The van der Waals surface area contributed by atoms with Gasteiger partial charge in [-0.25, -0.2) is 8.78 Å². The number of aromatic nitrogens is 2. The van der Waals surface area contributed by atoms with Gasteiger partial charge in [0.25, 0.3) is 0 Å². The zero-order chi connectivity index (χ0) is 20.3. The van der Waals surface area contributed by atoms with Crippen molar-refractivity contribution < 1.29 is 18.3 Å². The molecule has 28 heavy (non-hydrogen) atoms. The third kappa shape index (κ3) is 4.11. The van der Waals surface area contributed by atoms with Crippen LogP contribution < -0.4 is 20.3 Å². The molecule has 2 aromatic carbocycles. The molecular formula is C20H19F2N3O3. The van der Waals surface area contributed by atoms with E-state index in [-0.39, 0.29) is 18.2 Å². The van der Waals surface area contributed by atoms with E-state index in [4.69, 9.17) is 9.47 Å². The van der Waals surface area contributed by atoms with Crippen LogP contribution in [0, 0.1) is 18.6 Å². The maximum Gasteiger partial charge on any atom is 0.316 e. The van der Waals surface area contributed by atoms with Crippen LogP contribution in [0.1, 0.15) is 11.1 Å². The number of halogens is 2. The molecule has 3 aromatic rings. The van der Waals surface area contributed by atoms with Crippen molar-refractivity contribution in [2.75, 3.05) is 19.5 Å². The SMILES string of the molecule is COc1ccc(C)c(Nc2nc(=O)c(OC)cn2Cc2ccc(F)c(F)c2)c1. The van der Waals surface area contributed by atoms with Gasteiger partial charge in [0, 0.05) is 11.8 Å². The number of rotatable bonds is 6. The highest BCUT2D eigenvalue weighted by molar-refractivity contribution is 5.61. The maximum absolute atomic E-state index is 13.6. The molecule has 8 heteroatoms. The molecule has 146 valence electrons. The Labute approximate surface area is 160 Å². The second-order valence-electron chi connectivity index (χ2n) is 6.12. The molecule has 0 saturated heterocycles. The molecule has 0 unspecified atom stereocenters. The second kappa shape index (κ2) is 8.08. The molecule has 0 atom stereocenters. The van der Waals surface area contributed by atoms with Crippen LogP contribution in [-0.2, 0) is 6.54 Å². The van der Waals surface area contributed by atoms with Crippen LogP contribution in [-0.4, -0.2) is 23.8 Å². The molecule has 0 radical (unpaired) electrons. The number of methoxy groups -OCH3 is 2. The summed E-state index contributed by atoms with van der Waals surface area (Å²) in [5, 5.41) is 3.10. The zero-order valence-electron chi connectivity index (χ0n) is 15.6. The van der Waals surface area contributed by atoms with Gasteiger partial charge in [-0.1, -0.05) is 12.1 Å². The van der Waals surface area contributed by atoms with Gasteiger partial charge in [0.2, 0.25) is 11.7 Å². The first kappa shape index (κ1) is 19.3. The van der Waals surface area contributed by atoms with E-state index in [1.807, 2.05) is 19.1 Å². The summed E-state index contributed by atoms with van der Waals surface area (Å²) in [7, 11) is 2.92. The lowest BCUT2D eigenvalue weighted by molar-refractivity contribution is 0.402. The lowest BCUT2D eigenvalue weighted by Crippen LogP contribution is -2.19. The fourth-order valence-electron chi connectivity index (χ4n) is 2.65. The summed E-state index contributed by atoms with van der Waals surface area (Å²) in [5.74, 6) is -0.972. The summed E-state index contributed by atoms with van der Waals surface area (Å²) < 4.78 is 38.7. The molecule has 1 N–H and O–H groups in total. The average molecular weight is 387 g/mol. The highest BCUT2D eigenvalue weighted by atomic mass is 19.2. The standard InChI is InChI=1S/C20H19F2N3O3/c1-12-4-6-14(27-2)9-17(12)23-20-24-19(26)18(28-3)11-25(20)10-13-5-7-15(21)16(22)8-13/h4-9,11H,10H2,1-3H3,(H,23,24,26). The summed E-state index contributed by atoms with van der Waals surface area (Å²) in [6, 6.07) is 9.06. The number of ether oxygens (including phenoxy) is 2. The monoisotopic (exact) mass is 387 g/mol. The predicted molar refractivity (Wildman–Crippen MR) is 102 cm³/mol. The summed E-state index contributed by atoms with van der Waals surface area (Å²) in [6.07, 6.45) is 1.47. The van der Waals surface area contributed by atoms with Crippen LogP contribution >= 0.6 is 0 Å². The van der Waals surface area contributed by atoms with Crippen LogP contribution in [0.3, 0.4) is 0 Å². The molecule has 1 heterocycles. The predicted octanol–water partition coefficient (Wildman–Crippen LogP) is 3.64. The highest BCUT2D eigenvalue weighted by Crippen LogP contribution is 2.25. The normalized spacial score (nSPS) is 10.6. The van der Waals surface area contributed by atoms with Crippen LogP contribution in [0.4, 0.5) is 20.4 Å². The fraction of sp³-hybridized carbons (Fsp3) is 0.200. The van der Waals surface area contributed by atoms with Crippen molar-refractivity contribution in [3.8, 4) is 11.5 Å². The summed E-state index contributed by atoms with van der Waals surface area (Å²) in [5.41, 5.74) is 1.55. The fourth-order valence-corrected chi connectivity index (χ4v) is 2.65. The van der Waals surface area contributed by atoms with E-state index in [0.717, 1.165) is 17.7 Å². The van der Waals surface area contributed by atoms with Crippen molar-refractivity contribution >= 4 is 11.6 Å². The van der Waals surface area contributed by atoms with Crippen molar-refractivity contribution in [3.05, 3.63) is 75.7 Å². The van der Waals surface area contributed by atoms with Gasteiger partial charge in [-0.15, -0.1) is 0 Å². The van der Waals surface area contributed by atoms with Crippen LogP contribution in [0.25, 0.3) is 0 Å². The number of hydrogen-bond donors (Lipinski definition) is 1. The van der Waals surface area contributed by atoms with Crippen molar-refractivity contribution in [1.82, 2.24) is 9.55 Å². The van der Waals surface area contributed by atoms with Gasteiger partial charge >= 0.3 is 5.56 Å². The van der Waals surface area contributed by atoms with Gasteiger partial charge in [0.15, 0.2) is 11.6 Å². The Morgan fingerprint density at radius 3 is 2.54 bits per heavy atom. The molecule has 0 saturated carbocycles. The van der Waals surface area contributed by atoms with Crippen LogP contribution in [0.5, 0.6) is 11.5 Å². The van der Waals surface area contributed by atoms with Gasteiger partial charge in [-0.05, 0) is 36.2 Å². The Bertz CT molecular complexity index is 1070. The Morgan fingerprint density at radius 2 is 1.86 bits per heavy atom. The van der Waals surface area contributed by atoms with Crippen molar-refractivity contribution in [2.45, 2.75) is 13.5 Å². The molecule has 3 rings (SSSR count). The van der Waals surface area contributed by atoms with E-state index < -0.39 is 17.2 Å². The number of aryl methyl sites for hydroxylation is 1. The van der Waals surface area contributed by atoms with Gasteiger partial charge in [-0.3, -0.25) is 4.79 Å². The van der Waals surface area contributed by atoms with Gasteiger partial charge < -0.3 is 19.4 Å². The van der Waals surface area contributed by atoms with E-state index in [1.54, 1.807) is 17.7 Å². The zero-order valence-corrected chi connectivity index (χ0v) is 15.6. The van der Waals surface area contributed by atoms with Gasteiger partial charge in [0.1, 0.15) is 5.75 Å². The smallest absolute Gasteiger partial charge is 0.316 e. The number of hydrogen-bond acceptors (Lipinski definition) is 5. The highest BCUT2D eigenvalue weighted by Gasteiger charge is 2.12. The first-order chi connectivity index (χ1) is 13.4. The lowest BCUT2D eigenvalue weighted by Gasteiger charge is -2.17. The van der Waals surface area contributed by atoms with Crippen molar-refractivity contribution in [2.24, 2.45) is 0 Å². The molecule has 0 bridgehead atoms. The number of anilines is 2. The molecule has 1 aromatic heterocycles. The molecule has 0 aliphatic heterocycles.